The number of aryl methyl sites for hydroxylation is 2. The van der Waals surface area contributed by atoms with Crippen molar-refractivity contribution in [2.45, 2.75) is 64.3 Å². The van der Waals surface area contributed by atoms with E-state index >= 15 is 0 Å². The Morgan fingerprint density at radius 3 is 2.89 bits per heavy atom. The zero-order valence-electron chi connectivity index (χ0n) is 16.2. The van der Waals surface area contributed by atoms with Crippen LogP contribution in [0.5, 0.6) is 0 Å². The van der Waals surface area contributed by atoms with Gasteiger partial charge < -0.3 is 5.32 Å². The first-order chi connectivity index (χ1) is 13.6. The van der Waals surface area contributed by atoms with Crippen molar-refractivity contribution >= 4 is 33.1 Å². The lowest BCUT2D eigenvalue weighted by Crippen LogP contribution is -2.41. The lowest BCUT2D eigenvalue weighted by molar-refractivity contribution is 0.0911. The molecule has 0 saturated heterocycles. The third kappa shape index (κ3) is 2.85. The van der Waals surface area contributed by atoms with Crippen LogP contribution in [0.3, 0.4) is 0 Å². The van der Waals surface area contributed by atoms with Crippen LogP contribution in [0, 0.1) is 5.92 Å². The Kier molecular flexibility index (Phi) is 4.46. The summed E-state index contributed by atoms with van der Waals surface area (Å²) in [7, 11) is 0. The molecule has 5 rings (SSSR count). The van der Waals surface area contributed by atoms with Crippen LogP contribution in [-0.4, -0.2) is 21.3 Å². The Balaban J connectivity index is 1.61. The van der Waals surface area contributed by atoms with Gasteiger partial charge in [0.25, 0.3) is 11.5 Å². The molecule has 2 aliphatic rings. The van der Waals surface area contributed by atoms with Gasteiger partial charge in [-0.15, -0.1) is 11.3 Å². The molecule has 6 heteroatoms. The Morgan fingerprint density at radius 2 is 2.04 bits per heavy atom. The number of aromatic nitrogens is 2. The molecule has 1 amide bonds. The molecular formula is C22H25N3O2S. The number of hydrogen-bond donors (Lipinski definition) is 1. The molecule has 3 aromatic rings. The quantitative estimate of drug-likeness (QED) is 0.711. The van der Waals surface area contributed by atoms with Crippen LogP contribution in [0.4, 0.5) is 0 Å². The van der Waals surface area contributed by atoms with Gasteiger partial charge in [-0.25, -0.2) is 4.98 Å². The molecule has 3 heterocycles. The van der Waals surface area contributed by atoms with Crippen LogP contribution in [0.25, 0.3) is 15.9 Å². The van der Waals surface area contributed by atoms with E-state index in [0.717, 1.165) is 48.7 Å². The maximum Gasteiger partial charge on any atom is 0.266 e. The maximum atomic E-state index is 13.2. The molecule has 0 radical (unpaired) electrons. The second-order valence-corrected chi connectivity index (χ2v) is 9.35. The second kappa shape index (κ2) is 6.99. The number of amides is 1. The highest BCUT2D eigenvalue weighted by molar-refractivity contribution is 7.18. The molecule has 3 aromatic heterocycles. The Bertz CT molecular complexity index is 1130. The number of carbonyl (C=O) groups is 1. The van der Waals surface area contributed by atoms with Crippen LogP contribution in [-0.2, 0) is 12.8 Å². The summed E-state index contributed by atoms with van der Waals surface area (Å²) in [6.07, 6.45) is 10.6. The minimum atomic E-state index is -0.121. The van der Waals surface area contributed by atoms with Gasteiger partial charge in [-0.1, -0.05) is 19.8 Å². The van der Waals surface area contributed by atoms with Gasteiger partial charge >= 0.3 is 0 Å². The van der Waals surface area contributed by atoms with E-state index in [0.29, 0.717) is 17.1 Å². The van der Waals surface area contributed by atoms with Crippen molar-refractivity contribution in [3.63, 3.8) is 0 Å². The molecule has 0 unspecified atom stereocenters. The summed E-state index contributed by atoms with van der Waals surface area (Å²) in [5.74, 6) is 0.364. The Hall–Kier alpha value is -2.21. The van der Waals surface area contributed by atoms with Gasteiger partial charge in [0, 0.05) is 17.1 Å². The molecular weight excluding hydrogens is 370 g/mol. The van der Waals surface area contributed by atoms with E-state index in [1.807, 2.05) is 0 Å². The van der Waals surface area contributed by atoms with Gasteiger partial charge in [0.05, 0.1) is 10.9 Å². The van der Waals surface area contributed by atoms with E-state index in [2.05, 4.69) is 12.2 Å². The standard InChI is InChI=1S/C22H25N3O2S/c1-13-7-2-4-10-16(13)23-20(26)15-9-6-12-25-19(15)24-21-18(22(25)27)14-8-3-5-11-17(14)28-21/h6,9,12-13,16H,2-5,7-8,10-11H2,1H3,(H,23,26)/t13-,16-/m0/s1. The van der Waals surface area contributed by atoms with E-state index in [4.69, 9.17) is 4.98 Å². The van der Waals surface area contributed by atoms with Gasteiger partial charge in [0.1, 0.15) is 4.83 Å². The number of nitrogens with zero attached hydrogens (tertiary/aromatic N) is 2. The summed E-state index contributed by atoms with van der Waals surface area (Å²) in [5.41, 5.74) is 2.11. The molecule has 1 saturated carbocycles. The molecule has 0 aliphatic heterocycles. The number of fused-ring (bicyclic) bond motifs is 4. The van der Waals surface area contributed by atoms with Crippen molar-refractivity contribution in [1.29, 1.82) is 0 Å². The minimum Gasteiger partial charge on any atom is -0.349 e. The number of nitrogens with one attached hydrogen (secondary N) is 1. The molecule has 0 bridgehead atoms. The highest BCUT2D eigenvalue weighted by Gasteiger charge is 2.25. The van der Waals surface area contributed by atoms with Gasteiger partial charge in [-0.05, 0) is 62.1 Å². The maximum absolute atomic E-state index is 13.2. The molecule has 2 aliphatic carbocycles. The first-order valence-corrected chi connectivity index (χ1v) is 11.2. The van der Waals surface area contributed by atoms with Gasteiger partial charge in [0.2, 0.25) is 0 Å². The van der Waals surface area contributed by atoms with E-state index in [-0.39, 0.29) is 17.5 Å². The van der Waals surface area contributed by atoms with Crippen molar-refractivity contribution in [2.24, 2.45) is 5.92 Å². The lowest BCUT2D eigenvalue weighted by Gasteiger charge is -2.29. The number of thiophene rings is 1. The SMILES string of the molecule is C[C@H]1CCCC[C@@H]1NC(=O)c1cccn2c(=O)c3c4c(sc3nc12)CCCC4. The molecule has 0 spiro atoms. The molecule has 0 aromatic carbocycles. The van der Waals surface area contributed by atoms with E-state index in [9.17, 15) is 9.59 Å². The zero-order chi connectivity index (χ0) is 19.3. The highest BCUT2D eigenvalue weighted by Crippen LogP contribution is 2.34. The summed E-state index contributed by atoms with van der Waals surface area (Å²) < 4.78 is 1.56. The molecule has 1 N–H and O–H groups in total. The summed E-state index contributed by atoms with van der Waals surface area (Å²) in [6, 6.07) is 3.76. The Morgan fingerprint density at radius 1 is 1.21 bits per heavy atom. The third-order valence-corrected chi connectivity index (χ3v) is 7.62. The van der Waals surface area contributed by atoms with E-state index in [1.54, 1.807) is 34.1 Å². The fourth-order valence-electron chi connectivity index (χ4n) is 4.80. The number of hydrogen-bond acceptors (Lipinski definition) is 4. The van der Waals surface area contributed by atoms with Crippen molar-refractivity contribution in [3.05, 3.63) is 44.7 Å². The van der Waals surface area contributed by atoms with Crippen molar-refractivity contribution in [1.82, 2.24) is 14.7 Å². The first-order valence-electron chi connectivity index (χ1n) is 10.4. The normalized spacial score (nSPS) is 22.3. The minimum absolute atomic E-state index is 0.0416. The fraction of sp³-hybridized carbons (Fsp3) is 0.500. The largest absolute Gasteiger partial charge is 0.349 e. The van der Waals surface area contributed by atoms with E-state index < -0.39 is 0 Å². The molecule has 146 valence electrons. The average molecular weight is 396 g/mol. The molecule has 5 nitrogen and oxygen atoms in total. The molecule has 28 heavy (non-hydrogen) atoms. The Labute approximate surface area is 167 Å². The topological polar surface area (TPSA) is 63.5 Å². The van der Waals surface area contributed by atoms with Crippen molar-refractivity contribution in [3.8, 4) is 0 Å². The number of pyridine rings is 1. The predicted octanol–water partition coefficient (Wildman–Crippen LogP) is 4.10. The predicted molar refractivity (Wildman–Crippen MR) is 112 cm³/mol. The zero-order valence-corrected chi connectivity index (χ0v) is 17.0. The van der Waals surface area contributed by atoms with Crippen LogP contribution in [0.2, 0.25) is 0 Å². The summed E-state index contributed by atoms with van der Waals surface area (Å²) in [5, 5.41) is 3.96. The highest BCUT2D eigenvalue weighted by atomic mass is 32.1. The van der Waals surface area contributed by atoms with Crippen LogP contribution in [0.1, 0.15) is 66.2 Å². The first kappa shape index (κ1) is 17.9. The van der Waals surface area contributed by atoms with Gasteiger partial charge in [-0.3, -0.25) is 14.0 Å². The van der Waals surface area contributed by atoms with Crippen molar-refractivity contribution < 1.29 is 4.79 Å². The monoisotopic (exact) mass is 395 g/mol. The third-order valence-electron chi connectivity index (χ3n) is 6.43. The lowest BCUT2D eigenvalue weighted by atomic mass is 9.86. The smallest absolute Gasteiger partial charge is 0.266 e. The van der Waals surface area contributed by atoms with E-state index in [1.165, 1.54) is 23.3 Å². The molecule has 1 fully saturated rings. The summed E-state index contributed by atoms with van der Waals surface area (Å²) >= 11 is 1.63. The molecule has 2 atom stereocenters. The average Bonchev–Trinajstić information content (AvgIpc) is 3.08. The number of rotatable bonds is 2. The van der Waals surface area contributed by atoms with Crippen LogP contribution in [0.15, 0.2) is 23.1 Å². The van der Waals surface area contributed by atoms with Crippen LogP contribution < -0.4 is 10.9 Å². The number of carbonyl (C=O) groups excluding carboxylic acids is 1. The fourth-order valence-corrected chi connectivity index (χ4v) is 6.05. The summed E-state index contributed by atoms with van der Waals surface area (Å²) in [6.45, 7) is 2.20. The van der Waals surface area contributed by atoms with Crippen LogP contribution >= 0.6 is 11.3 Å². The van der Waals surface area contributed by atoms with Gasteiger partial charge in [0.15, 0.2) is 5.65 Å². The van der Waals surface area contributed by atoms with Gasteiger partial charge in [-0.2, -0.15) is 0 Å². The van der Waals surface area contributed by atoms with Crippen molar-refractivity contribution in [2.75, 3.05) is 0 Å². The summed E-state index contributed by atoms with van der Waals surface area (Å²) in [4.78, 5) is 33.2. The second-order valence-electron chi connectivity index (χ2n) is 8.27.